The van der Waals surface area contributed by atoms with Crippen molar-refractivity contribution in [1.29, 1.82) is 0 Å². The molecular weight excluding hydrogens is 370 g/mol. The summed E-state index contributed by atoms with van der Waals surface area (Å²) in [5, 5.41) is 9.67. The number of thiophene rings is 1. The summed E-state index contributed by atoms with van der Waals surface area (Å²) >= 11 is 3.71. The Bertz CT molecular complexity index is 743. The lowest BCUT2D eigenvalue weighted by molar-refractivity contribution is 0.0107. The van der Waals surface area contributed by atoms with Crippen molar-refractivity contribution in [2.45, 2.75) is 69.7 Å². The zero-order valence-corrected chi connectivity index (χ0v) is 17.7. The van der Waals surface area contributed by atoms with Gasteiger partial charge in [-0.1, -0.05) is 0 Å². The highest BCUT2D eigenvalue weighted by atomic mass is 32.1. The van der Waals surface area contributed by atoms with Crippen LogP contribution < -0.4 is 11.1 Å². The predicted octanol–water partition coefficient (Wildman–Crippen LogP) is 5.26. The molecule has 0 spiro atoms. The second kappa shape index (κ2) is 7.49. The van der Waals surface area contributed by atoms with Crippen LogP contribution in [0.3, 0.4) is 0 Å². The van der Waals surface area contributed by atoms with Gasteiger partial charge in [-0.05, 0) is 106 Å². The van der Waals surface area contributed by atoms with Crippen LogP contribution in [0.4, 0.5) is 5.13 Å². The molecule has 3 N–H and O–H groups in total. The molecule has 4 fully saturated rings. The second-order valence-electron chi connectivity index (χ2n) is 9.28. The largest absolute Gasteiger partial charge is 0.356 e. The summed E-state index contributed by atoms with van der Waals surface area (Å²) in [6, 6.07) is 2.36. The average molecular weight is 402 g/mol. The molecule has 0 atom stereocenters. The molecule has 0 unspecified atom stereocenters. The number of thiazole rings is 1. The van der Waals surface area contributed by atoms with E-state index in [-0.39, 0.29) is 0 Å². The van der Waals surface area contributed by atoms with Gasteiger partial charge in [0.1, 0.15) is 0 Å². The van der Waals surface area contributed by atoms with Crippen LogP contribution in [0.25, 0.3) is 0 Å². The fourth-order valence-corrected chi connectivity index (χ4v) is 8.01. The molecule has 4 bridgehead atoms. The van der Waals surface area contributed by atoms with Crippen molar-refractivity contribution in [2.24, 2.45) is 23.5 Å². The van der Waals surface area contributed by atoms with Crippen LogP contribution in [0.15, 0.2) is 16.8 Å². The molecule has 4 saturated carbocycles. The summed E-state index contributed by atoms with van der Waals surface area (Å²) < 4.78 is 0. The maximum atomic E-state index is 5.62. The fraction of sp³-hybridized carbons (Fsp3) is 0.682. The number of nitrogens with one attached hydrogen (secondary N) is 1. The number of nitrogens with two attached hydrogens (primary N) is 1. The van der Waals surface area contributed by atoms with Crippen molar-refractivity contribution in [3.8, 4) is 0 Å². The van der Waals surface area contributed by atoms with E-state index in [1.165, 1.54) is 59.8 Å². The molecule has 4 aliphatic rings. The van der Waals surface area contributed by atoms with Crippen LogP contribution in [0.1, 0.15) is 61.1 Å². The van der Waals surface area contributed by atoms with E-state index in [1.54, 1.807) is 0 Å². The van der Waals surface area contributed by atoms with Crippen LogP contribution in [0.2, 0.25) is 0 Å². The van der Waals surface area contributed by atoms with Gasteiger partial charge in [0.25, 0.3) is 0 Å². The summed E-state index contributed by atoms with van der Waals surface area (Å²) in [6.07, 6.45) is 13.0. The topological polar surface area (TPSA) is 50.9 Å². The lowest BCUT2D eigenvalue weighted by Gasteiger charge is -2.56. The van der Waals surface area contributed by atoms with Crippen molar-refractivity contribution < 1.29 is 0 Å². The smallest absolute Gasteiger partial charge is 0.183 e. The normalized spacial score (nSPS) is 31.5. The number of aromatic nitrogens is 1. The molecule has 0 saturated heterocycles. The first-order valence-electron chi connectivity index (χ1n) is 10.7. The molecule has 6 rings (SSSR count). The molecule has 2 heterocycles. The zero-order chi connectivity index (χ0) is 18.3. The van der Waals surface area contributed by atoms with Crippen molar-refractivity contribution >= 4 is 27.8 Å². The van der Waals surface area contributed by atoms with Gasteiger partial charge in [-0.15, -0.1) is 22.7 Å². The van der Waals surface area contributed by atoms with E-state index in [0.717, 1.165) is 50.0 Å². The summed E-state index contributed by atoms with van der Waals surface area (Å²) in [5.41, 5.74) is 8.69. The van der Waals surface area contributed by atoms with E-state index >= 15 is 0 Å². The number of aryl methyl sites for hydroxylation is 3. The van der Waals surface area contributed by atoms with Crippen molar-refractivity contribution in [1.82, 2.24) is 4.98 Å². The fourth-order valence-electron chi connectivity index (χ4n) is 6.22. The molecule has 27 heavy (non-hydrogen) atoms. The van der Waals surface area contributed by atoms with Gasteiger partial charge in [0.15, 0.2) is 5.13 Å². The standard InChI is InChI=1S/C22H31N3S2/c23-5-1-2-15-9-20(26-13-15)4-3-19-14-27-21(24-19)25-22-10-16-6-17(11-22)8-18(7-16)12-22/h9,13-14,16-18H,1-8,10-12,23H2,(H,24,25). The Hall–Kier alpha value is -0.910. The molecule has 4 aliphatic carbocycles. The van der Waals surface area contributed by atoms with Gasteiger partial charge in [-0.3, -0.25) is 0 Å². The number of hydrogen-bond acceptors (Lipinski definition) is 5. The Balaban J connectivity index is 1.18. The molecule has 5 heteroatoms. The van der Waals surface area contributed by atoms with Gasteiger partial charge in [-0.25, -0.2) is 4.98 Å². The maximum absolute atomic E-state index is 5.62. The second-order valence-corrected chi connectivity index (χ2v) is 11.1. The van der Waals surface area contributed by atoms with E-state index in [4.69, 9.17) is 10.7 Å². The van der Waals surface area contributed by atoms with Gasteiger partial charge in [0, 0.05) is 15.8 Å². The molecule has 0 amide bonds. The van der Waals surface area contributed by atoms with Crippen molar-refractivity contribution in [2.75, 3.05) is 11.9 Å². The predicted molar refractivity (Wildman–Crippen MR) is 116 cm³/mol. The summed E-state index contributed by atoms with van der Waals surface area (Å²) in [6.45, 7) is 0.781. The Labute approximate surface area is 170 Å². The molecule has 0 aromatic carbocycles. The minimum atomic E-state index is 0.371. The monoisotopic (exact) mass is 401 g/mol. The lowest BCUT2D eigenvalue weighted by Crippen LogP contribution is -2.54. The Morgan fingerprint density at radius 3 is 2.44 bits per heavy atom. The van der Waals surface area contributed by atoms with Gasteiger partial charge in [0.2, 0.25) is 0 Å². The summed E-state index contributed by atoms with van der Waals surface area (Å²) in [4.78, 5) is 6.43. The van der Waals surface area contributed by atoms with Crippen LogP contribution >= 0.6 is 22.7 Å². The van der Waals surface area contributed by atoms with E-state index < -0.39 is 0 Å². The number of anilines is 1. The average Bonchev–Trinajstić information content (AvgIpc) is 3.26. The molecule has 146 valence electrons. The van der Waals surface area contributed by atoms with Crippen LogP contribution in [0, 0.1) is 17.8 Å². The summed E-state index contributed by atoms with van der Waals surface area (Å²) in [7, 11) is 0. The maximum Gasteiger partial charge on any atom is 0.183 e. The van der Waals surface area contributed by atoms with Gasteiger partial charge >= 0.3 is 0 Å². The first-order chi connectivity index (χ1) is 13.2. The number of nitrogens with zero attached hydrogens (tertiary/aromatic N) is 1. The van der Waals surface area contributed by atoms with E-state index in [9.17, 15) is 0 Å². The molecular formula is C22H31N3S2. The van der Waals surface area contributed by atoms with E-state index in [0.29, 0.717) is 5.54 Å². The lowest BCUT2D eigenvalue weighted by atomic mass is 9.53. The van der Waals surface area contributed by atoms with Gasteiger partial charge in [-0.2, -0.15) is 0 Å². The first-order valence-corrected chi connectivity index (χ1v) is 12.4. The Morgan fingerprint density at radius 1 is 1.00 bits per heavy atom. The highest BCUT2D eigenvalue weighted by Crippen LogP contribution is 2.56. The van der Waals surface area contributed by atoms with Crippen molar-refractivity contribution in [3.63, 3.8) is 0 Å². The minimum Gasteiger partial charge on any atom is -0.356 e. The highest BCUT2D eigenvalue weighted by molar-refractivity contribution is 7.13. The van der Waals surface area contributed by atoms with Gasteiger partial charge < -0.3 is 11.1 Å². The number of rotatable bonds is 8. The third-order valence-electron chi connectivity index (χ3n) is 6.97. The third kappa shape index (κ3) is 3.96. The minimum absolute atomic E-state index is 0.371. The first kappa shape index (κ1) is 18.1. The zero-order valence-electron chi connectivity index (χ0n) is 16.1. The molecule has 0 aliphatic heterocycles. The quantitative estimate of drug-likeness (QED) is 0.634. The van der Waals surface area contributed by atoms with Crippen LogP contribution in [-0.4, -0.2) is 17.1 Å². The SMILES string of the molecule is NCCCc1csc(CCc2csc(NC34CC5CC(CC(C5)C3)C4)n2)c1. The van der Waals surface area contributed by atoms with Crippen LogP contribution in [-0.2, 0) is 19.3 Å². The molecule has 0 radical (unpaired) electrons. The number of hydrogen-bond donors (Lipinski definition) is 2. The molecule has 3 nitrogen and oxygen atoms in total. The molecule has 2 aromatic rings. The Morgan fingerprint density at radius 2 is 1.74 bits per heavy atom. The third-order valence-corrected chi connectivity index (χ3v) is 8.82. The van der Waals surface area contributed by atoms with E-state index in [1.807, 2.05) is 22.7 Å². The van der Waals surface area contributed by atoms with Gasteiger partial charge in [0.05, 0.1) is 5.69 Å². The van der Waals surface area contributed by atoms with E-state index in [2.05, 4.69) is 22.1 Å². The van der Waals surface area contributed by atoms with Crippen LogP contribution in [0.5, 0.6) is 0 Å². The Kier molecular flexibility index (Phi) is 5.03. The molecule has 2 aromatic heterocycles. The van der Waals surface area contributed by atoms with Crippen molar-refractivity contribution in [3.05, 3.63) is 33.0 Å². The highest BCUT2D eigenvalue weighted by Gasteiger charge is 2.51. The summed E-state index contributed by atoms with van der Waals surface area (Å²) in [5.74, 6) is 2.95.